The Morgan fingerprint density at radius 2 is 1.62 bits per heavy atom. The molecule has 0 saturated heterocycles. The second kappa shape index (κ2) is 7.97. The molecule has 1 heterocycles. The summed E-state index contributed by atoms with van der Waals surface area (Å²) in [6.07, 6.45) is 3.03. The number of benzene rings is 2. The Kier molecular flexibility index (Phi) is 5.49. The molecule has 0 unspecified atom stereocenters. The quantitative estimate of drug-likeness (QED) is 0.701. The van der Waals surface area contributed by atoms with Crippen molar-refractivity contribution in [2.24, 2.45) is 0 Å². The number of anilines is 2. The summed E-state index contributed by atoms with van der Waals surface area (Å²) in [5.41, 5.74) is 4.58. The van der Waals surface area contributed by atoms with Gasteiger partial charge in [0.2, 0.25) is 5.95 Å². The minimum Gasteiger partial charge on any atom is -0.348 e. The summed E-state index contributed by atoms with van der Waals surface area (Å²) < 4.78 is 0. The number of aromatic nitrogens is 2. The Bertz CT molecular complexity index is 888. The van der Waals surface area contributed by atoms with Crippen LogP contribution in [-0.4, -0.2) is 15.9 Å². The van der Waals surface area contributed by atoms with Gasteiger partial charge in [-0.3, -0.25) is 4.79 Å². The van der Waals surface area contributed by atoms with Crippen LogP contribution >= 0.6 is 11.6 Å². The molecular formula is C20H19ClN4O. The molecule has 0 aliphatic heterocycles. The highest BCUT2D eigenvalue weighted by atomic mass is 35.5. The van der Waals surface area contributed by atoms with Crippen LogP contribution in [-0.2, 0) is 6.54 Å². The van der Waals surface area contributed by atoms with Crippen LogP contribution in [0.2, 0.25) is 5.02 Å². The predicted octanol–water partition coefficient (Wildman–Crippen LogP) is 4.42. The van der Waals surface area contributed by atoms with E-state index in [9.17, 15) is 4.79 Å². The van der Waals surface area contributed by atoms with Crippen LogP contribution in [0.5, 0.6) is 0 Å². The monoisotopic (exact) mass is 366 g/mol. The van der Waals surface area contributed by atoms with Crippen molar-refractivity contribution in [1.82, 2.24) is 15.3 Å². The van der Waals surface area contributed by atoms with Gasteiger partial charge in [0.15, 0.2) is 0 Å². The molecule has 0 bridgehead atoms. The minimum atomic E-state index is -0.224. The molecule has 0 spiro atoms. The van der Waals surface area contributed by atoms with E-state index in [1.54, 1.807) is 12.1 Å². The van der Waals surface area contributed by atoms with E-state index in [4.69, 9.17) is 11.6 Å². The van der Waals surface area contributed by atoms with Crippen LogP contribution in [0.3, 0.4) is 0 Å². The van der Waals surface area contributed by atoms with Crippen molar-refractivity contribution in [3.05, 3.63) is 82.1 Å². The van der Waals surface area contributed by atoms with E-state index in [0.717, 1.165) is 22.4 Å². The molecule has 0 aliphatic rings. The van der Waals surface area contributed by atoms with Crippen molar-refractivity contribution < 1.29 is 4.79 Å². The van der Waals surface area contributed by atoms with Crippen LogP contribution in [0.1, 0.15) is 27.0 Å². The van der Waals surface area contributed by atoms with Gasteiger partial charge in [-0.2, -0.15) is 0 Å². The molecule has 0 aliphatic carbocycles. The Morgan fingerprint density at radius 3 is 2.23 bits per heavy atom. The number of hydrogen-bond acceptors (Lipinski definition) is 4. The molecule has 2 N–H and O–H groups in total. The van der Waals surface area contributed by atoms with Gasteiger partial charge in [0.25, 0.3) is 5.91 Å². The van der Waals surface area contributed by atoms with Crippen molar-refractivity contribution in [2.45, 2.75) is 20.4 Å². The second-order valence-electron chi connectivity index (χ2n) is 6.00. The van der Waals surface area contributed by atoms with Gasteiger partial charge in [0, 0.05) is 29.6 Å². The molecule has 1 amide bonds. The van der Waals surface area contributed by atoms with E-state index in [-0.39, 0.29) is 5.91 Å². The van der Waals surface area contributed by atoms with Gasteiger partial charge >= 0.3 is 0 Å². The van der Waals surface area contributed by atoms with Gasteiger partial charge in [0.05, 0.1) is 5.56 Å². The Labute approximate surface area is 157 Å². The fourth-order valence-corrected chi connectivity index (χ4v) is 2.65. The first-order chi connectivity index (χ1) is 12.5. The highest BCUT2D eigenvalue weighted by Crippen LogP contribution is 2.22. The summed E-state index contributed by atoms with van der Waals surface area (Å²) in [7, 11) is 0. The lowest BCUT2D eigenvalue weighted by atomic mass is 10.1. The summed E-state index contributed by atoms with van der Waals surface area (Å²) in [5.74, 6) is 0.232. The minimum absolute atomic E-state index is 0.224. The van der Waals surface area contributed by atoms with E-state index in [1.807, 2.05) is 44.2 Å². The second-order valence-corrected chi connectivity index (χ2v) is 6.43. The van der Waals surface area contributed by atoms with Crippen molar-refractivity contribution in [1.29, 1.82) is 0 Å². The number of amides is 1. The maximum atomic E-state index is 12.2. The summed E-state index contributed by atoms with van der Waals surface area (Å²) in [4.78, 5) is 20.7. The van der Waals surface area contributed by atoms with E-state index in [1.165, 1.54) is 12.4 Å². The lowest BCUT2D eigenvalue weighted by Gasteiger charge is -2.11. The molecule has 0 saturated carbocycles. The van der Waals surface area contributed by atoms with Gasteiger partial charge in [-0.1, -0.05) is 41.9 Å². The Hall–Kier alpha value is -2.92. The van der Waals surface area contributed by atoms with Crippen molar-refractivity contribution in [2.75, 3.05) is 5.32 Å². The van der Waals surface area contributed by atoms with Gasteiger partial charge in [-0.15, -0.1) is 0 Å². The van der Waals surface area contributed by atoms with Gasteiger partial charge in [-0.25, -0.2) is 9.97 Å². The fraction of sp³-hybridized carbons (Fsp3) is 0.150. The number of aryl methyl sites for hydroxylation is 2. The summed E-state index contributed by atoms with van der Waals surface area (Å²) in [5, 5.41) is 6.71. The first-order valence-corrected chi connectivity index (χ1v) is 8.58. The average molecular weight is 367 g/mol. The lowest BCUT2D eigenvalue weighted by molar-refractivity contribution is 0.0950. The molecule has 6 heteroatoms. The van der Waals surface area contributed by atoms with Gasteiger partial charge in [-0.05, 0) is 42.7 Å². The molecule has 0 atom stereocenters. The zero-order valence-electron chi connectivity index (χ0n) is 14.6. The number of nitrogens with zero attached hydrogens (tertiary/aromatic N) is 2. The largest absolute Gasteiger partial charge is 0.348 e. The number of carbonyl (C=O) groups is 1. The van der Waals surface area contributed by atoms with E-state index in [2.05, 4.69) is 20.6 Å². The fourth-order valence-electron chi connectivity index (χ4n) is 2.52. The number of para-hydroxylation sites is 1. The normalized spacial score (nSPS) is 10.4. The number of hydrogen-bond donors (Lipinski definition) is 2. The van der Waals surface area contributed by atoms with Crippen LogP contribution in [0.4, 0.5) is 11.6 Å². The van der Waals surface area contributed by atoms with Gasteiger partial charge in [0.1, 0.15) is 0 Å². The highest BCUT2D eigenvalue weighted by molar-refractivity contribution is 6.30. The first kappa shape index (κ1) is 17.9. The topological polar surface area (TPSA) is 66.9 Å². The Morgan fingerprint density at radius 1 is 1.00 bits per heavy atom. The van der Waals surface area contributed by atoms with Crippen LogP contribution in [0.15, 0.2) is 54.9 Å². The SMILES string of the molecule is Cc1cccc(C)c1Nc1ncc(C(=O)NCc2ccc(Cl)cc2)cn1. The Balaban J connectivity index is 1.63. The third kappa shape index (κ3) is 4.37. The zero-order valence-corrected chi connectivity index (χ0v) is 15.3. The molecule has 1 aromatic heterocycles. The van der Waals surface area contributed by atoms with Crippen molar-refractivity contribution in [3.8, 4) is 0 Å². The molecule has 5 nitrogen and oxygen atoms in total. The highest BCUT2D eigenvalue weighted by Gasteiger charge is 2.09. The van der Waals surface area contributed by atoms with Crippen LogP contribution in [0.25, 0.3) is 0 Å². The summed E-state index contributed by atoms with van der Waals surface area (Å²) in [6, 6.07) is 13.4. The number of rotatable bonds is 5. The predicted molar refractivity (Wildman–Crippen MR) is 104 cm³/mol. The molecule has 132 valence electrons. The van der Waals surface area contributed by atoms with E-state index < -0.39 is 0 Å². The van der Waals surface area contributed by atoms with Crippen LogP contribution in [0, 0.1) is 13.8 Å². The number of halogens is 1. The molecule has 0 fully saturated rings. The molecule has 26 heavy (non-hydrogen) atoms. The first-order valence-electron chi connectivity index (χ1n) is 8.21. The smallest absolute Gasteiger partial charge is 0.254 e. The maximum Gasteiger partial charge on any atom is 0.254 e. The van der Waals surface area contributed by atoms with Crippen molar-refractivity contribution in [3.63, 3.8) is 0 Å². The summed E-state index contributed by atoms with van der Waals surface area (Å²) in [6.45, 7) is 4.46. The standard InChI is InChI=1S/C20H19ClN4O/c1-13-4-3-5-14(2)18(13)25-20-23-11-16(12-24-20)19(26)22-10-15-6-8-17(21)9-7-15/h3-9,11-12H,10H2,1-2H3,(H,22,26)(H,23,24,25). The average Bonchev–Trinajstić information content (AvgIpc) is 2.65. The molecule has 3 rings (SSSR count). The number of nitrogens with one attached hydrogen (secondary N) is 2. The van der Waals surface area contributed by atoms with Crippen molar-refractivity contribution >= 4 is 29.1 Å². The third-order valence-corrected chi connectivity index (χ3v) is 4.25. The molecular weight excluding hydrogens is 348 g/mol. The van der Waals surface area contributed by atoms with Crippen LogP contribution < -0.4 is 10.6 Å². The van der Waals surface area contributed by atoms with Gasteiger partial charge < -0.3 is 10.6 Å². The third-order valence-electron chi connectivity index (χ3n) is 4.00. The zero-order chi connectivity index (χ0) is 18.5. The number of carbonyl (C=O) groups excluding carboxylic acids is 1. The maximum absolute atomic E-state index is 12.2. The van der Waals surface area contributed by atoms with E-state index >= 15 is 0 Å². The molecule has 2 aromatic carbocycles. The summed E-state index contributed by atoms with van der Waals surface area (Å²) >= 11 is 5.85. The molecule has 3 aromatic rings. The lowest BCUT2D eigenvalue weighted by Crippen LogP contribution is -2.23. The molecule has 0 radical (unpaired) electrons. The van der Waals surface area contributed by atoms with E-state index in [0.29, 0.717) is 23.1 Å².